The molecule has 1 aromatic rings. The minimum Gasteiger partial charge on any atom is -0.373 e. The third-order valence-corrected chi connectivity index (χ3v) is 3.42. The Morgan fingerprint density at radius 3 is 2.95 bits per heavy atom. The van der Waals surface area contributed by atoms with Gasteiger partial charge in [0.15, 0.2) is 0 Å². The Labute approximate surface area is 125 Å². The van der Waals surface area contributed by atoms with Crippen molar-refractivity contribution in [2.75, 3.05) is 26.2 Å². The molecule has 21 heavy (non-hydrogen) atoms. The molecule has 1 fully saturated rings. The molecule has 2 heterocycles. The van der Waals surface area contributed by atoms with Gasteiger partial charge in [0.1, 0.15) is 11.5 Å². The van der Waals surface area contributed by atoms with Crippen LogP contribution < -0.4 is 5.73 Å². The smallest absolute Gasteiger partial charge is 0.272 e. The van der Waals surface area contributed by atoms with Gasteiger partial charge in [0.05, 0.1) is 12.7 Å². The maximum Gasteiger partial charge on any atom is 0.272 e. The Kier molecular flexibility index (Phi) is 5.25. The molecule has 0 aromatic carbocycles. The number of carbonyl (C=O) groups excluding carboxylic acids is 1. The number of rotatable bonds is 4. The van der Waals surface area contributed by atoms with Gasteiger partial charge < -0.3 is 15.4 Å². The Morgan fingerprint density at radius 1 is 1.52 bits per heavy atom. The fraction of sp³-hybridized carbons (Fsp3) is 0.667. The number of amides is 1. The number of morpholine rings is 1. The molecule has 1 amide bonds. The van der Waals surface area contributed by atoms with Crippen molar-refractivity contribution in [3.8, 4) is 0 Å². The van der Waals surface area contributed by atoms with Crippen molar-refractivity contribution in [3.05, 3.63) is 23.3 Å². The second-order valence-electron chi connectivity index (χ2n) is 5.87. The molecule has 1 aliphatic rings. The second-order valence-corrected chi connectivity index (χ2v) is 5.87. The van der Waals surface area contributed by atoms with Crippen LogP contribution in [0.4, 0.5) is 0 Å². The molecule has 0 radical (unpaired) electrons. The number of carbonyl (C=O) groups is 1. The number of nitrogens with zero attached hydrogens (tertiary/aromatic N) is 3. The van der Waals surface area contributed by atoms with E-state index in [-0.39, 0.29) is 12.0 Å². The Balaban J connectivity index is 2.16. The number of aromatic nitrogens is 2. The SMILES string of the molecule is Cc1nc(CC(C)C)cc(C(=O)N2CCO[C@H](CN)C2)n1. The van der Waals surface area contributed by atoms with E-state index in [1.54, 1.807) is 4.90 Å². The first-order valence-corrected chi connectivity index (χ1v) is 7.45. The van der Waals surface area contributed by atoms with Crippen LogP contribution in [0.25, 0.3) is 0 Å². The molecule has 0 bridgehead atoms. The summed E-state index contributed by atoms with van der Waals surface area (Å²) in [6.07, 6.45) is 0.763. The topological polar surface area (TPSA) is 81.3 Å². The van der Waals surface area contributed by atoms with Crippen molar-refractivity contribution in [1.82, 2.24) is 14.9 Å². The van der Waals surface area contributed by atoms with Gasteiger partial charge in [0.25, 0.3) is 5.91 Å². The summed E-state index contributed by atoms with van der Waals surface area (Å²) in [5.74, 6) is 1.07. The van der Waals surface area contributed by atoms with Crippen LogP contribution in [0.5, 0.6) is 0 Å². The minimum absolute atomic E-state index is 0.0627. The highest BCUT2D eigenvalue weighted by atomic mass is 16.5. The number of hydrogen-bond acceptors (Lipinski definition) is 5. The fourth-order valence-electron chi connectivity index (χ4n) is 2.47. The summed E-state index contributed by atoms with van der Waals surface area (Å²) in [5.41, 5.74) is 7.01. The summed E-state index contributed by atoms with van der Waals surface area (Å²) in [6.45, 7) is 8.14. The van der Waals surface area contributed by atoms with E-state index in [4.69, 9.17) is 10.5 Å². The monoisotopic (exact) mass is 292 g/mol. The van der Waals surface area contributed by atoms with Crippen LogP contribution in [-0.4, -0.2) is 53.1 Å². The van der Waals surface area contributed by atoms with Gasteiger partial charge in [-0.25, -0.2) is 9.97 Å². The van der Waals surface area contributed by atoms with Gasteiger partial charge in [-0.05, 0) is 25.3 Å². The van der Waals surface area contributed by atoms with E-state index >= 15 is 0 Å². The van der Waals surface area contributed by atoms with Crippen molar-refractivity contribution < 1.29 is 9.53 Å². The summed E-state index contributed by atoms with van der Waals surface area (Å²) in [6, 6.07) is 1.81. The first kappa shape index (κ1) is 15.9. The molecule has 1 atom stereocenters. The third-order valence-electron chi connectivity index (χ3n) is 3.42. The molecule has 2 rings (SSSR count). The molecule has 0 aliphatic carbocycles. The van der Waals surface area contributed by atoms with Crippen LogP contribution in [-0.2, 0) is 11.2 Å². The van der Waals surface area contributed by atoms with E-state index in [1.165, 1.54) is 0 Å². The van der Waals surface area contributed by atoms with Gasteiger partial charge in [-0.15, -0.1) is 0 Å². The van der Waals surface area contributed by atoms with Crippen LogP contribution >= 0.6 is 0 Å². The highest BCUT2D eigenvalue weighted by molar-refractivity contribution is 5.92. The lowest BCUT2D eigenvalue weighted by molar-refractivity contribution is -0.0169. The van der Waals surface area contributed by atoms with Crippen LogP contribution in [0.1, 0.15) is 35.9 Å². The zero-order chi connectivity index (χ0) is 15.4. The van der Waals surface area contributed by atoms with E-state index in [2.05, 4.69) is 23.8 Å². The standard InChI is InChI=1S/C15H24N4O2/c1-10(2)6-12-7-14(18-11(3)17-12)15(20)19-4-5-21-13(8-16)9-19/h7,10,13H,4-6,8-9,16H2,1-3H3/t13-/m1/s1. The average Bonchev–Trinajstić information content (AvgIpc) is 2.45. The summed E-state index contributed by atoms with van der Waals surface area (Å²) >= 11 is 0. The maximum absolute atomic E-state index is 12.6. The van der Waals surface area contributed by atoms with Crippen molar-refractivity contribution in [1.29, 1.82) is 0 Å². The van der Waals surface area contributed by atoms with Crippen molar-refractivity contribution in [2.24, 2.45) is 11.7 Å². The van der Waals surface area contributed by atoms with Gasteiger partial charge in [-0.1, -0.05) is 13.8 Å². The molecule has 116 valence electrons. The molecule has 0 spiro atoms. The van der Waals surface area contributed by atoms with E-state index in [0.717, 1.165) is 12.1 Å². The molecular weight excluding hydrogens is 268 g/mol. The number of nitrogens with two attached hydrogens (primary N) is 1. The predicted octanol–water partition coefficient (Wildman–Crippen LogP) is 0.783. The normalized spacial score (nSPS) is 19.1. The third kappa shape index (κ3) is 4.22. The van der Waals surface area contributed by atoms with Crippen LogP contribution in [0.2, 0.25) is 0 Å². The predicted molar refractivity (Wildman–Crippen MR) is 80.0 cm³/mol. The van der Waals surface area contributed by atoms with Crippen molar-refractivity contribution >= 4 is 5.91 Å². The molecule has 6 nitrogen and oxygen atoms in total. The Morgan fingerprint density at radius 2 is 2.29 bits per heavy atom. The number of hydrogen-bond donors (Lipinski definition) is 1. The van der Waals surface area contributed by atoms with Gasteiger partial charge >= 0.3 is 0 Å². The van der Waals surface area contributed by atoms with Gasteiger partial charge in [-0.3, -0.25) is 4.79 Å². The van der Waals surface area contributed by atoms with E-state index in [0.29, 0.717) is 43.7 Å². The maximum atomic E-state index is 12.6. The van der Waals surface area contributed by atoms with E-state index < -0.39 is 0 Å². The summed E-state index contributed by atoms with van der Waals surface area (Å²) < 4.78 is 5.49. The summed E-state index contributed by atoms with van der Waals surface area (Å²) in [4.78, 5) is 23.1. The zero-order valence-electron chi connectivity index (χ0n) is 13.0. The molecular formula is C15H24N4O2. The lowest BCUT2D eigenvalue weighted by atomic mass is 10.1. The average molecular weight is 292 g/mol. The van der Waals surface area contributed by atoms with Crippen molar-refractivity contribution in [2.45, 2.75) is 33.3 Å². The van der Waals surface area contributed by atoms with Crippen LogP contribution in [0.3, 0.4) is 0 Å². The second kappa shape index (κ2) is 6.95. The quantitative estimate of drug-likeness (QED) is 0.887. The Bertz CT molecular complexity index is 504. The van der Waals surface area contributed by atoms with Gasteiger partial charge in [0.2, 0.25) is 0 Å². The highest BCUT2D eigenvalue weighted by Gasteiger charge is 2.25. The summed E-state index contributed by atoms with van der Waals surface area (Å²) in [7, 11) is 0. The van der Waals surface area contributed by atoms with Gasteiger partial charge in [0, 0.05) is 25.3 Å². The molecule has 1 saturated heterocycles. The molecule has 6 heteroatoms. The van der Waals surface area contributed by atoms with Crippen LogP contribution in [0.15, 0.2) is 6.07 Å². The van der Waals surface area contributed by atoms with E-state index in [1.807, 2.05) is 13.0 Å². The molecule has 1 aliphatic heterocycles. The van der Waals surface area contributed by atoms with Crippen LogP contribution in [0, 0.1) is 12.8 Å². The Hall–Kier alpha value is -1.53. The van der Waals surface area contributed by atoms with Gasteiger partial charge in [-0.2, -0.15) is 0 Å². The number of ether oxygens (including phenoxy) is 1. The molecule has 0 unspecified atom stereocenters. The highest BCUT2D eigenvalue weighted by Crippen LogP contribution is 2.12. The lowest BCUT2D eigenvalue weighted by Crippen LogP contribution is -2.48. The van der Waals surface area contributed by atoms with Crippen molar-refractivity contribution in [3.63, 3.8) is 0 Å². The molecule has 2 N–H and O–H groups in total. The first-order valence-electron chi connectivity index (χ1n) is 7.45. The minimum atomic E-state index is -0.0826. The first-order chi connectivity index (χ1) is 9.99. The molecule has 0 saturated carbocycles. The largest absolute Gasteiger partial charge is 0.373 e. The van der Waals surface area contributed by atoms with E-state index in [9.17, 15) is 4.79 Å². The number of aryl methyl sites for hydroxylation is 1. The molecule has 1 aromatic heterocycles. The zero-order valence-corrected chi connectivity index (χ0v) is 13.0. The fourth-order valence-corrected chi connectivity index (χ4v) is 2.47. The lowest BCUT2D eigenvalue weighted by Gasteiger charge is -2.32. The summed E-state index contributed by atoms with van der Waals surface area (Å²) in [5, 5.41) is 0.